The summed E-state index contributed by atoms with van der Waals surface area (Å²) in [7, 11) is 0. The van der Waals surface area contributed by atoms with Crippen LogP contribution in [0.3, 0.4) is 0 Å². The van der Waals surface area contributed by atoms with E-state index in [1.165, 1.54) is 12.1 Å². The van der Waals surface area contributed by atoms with E-state index in [4.69, 9.17) is 9.26 Å². The lowest BCUT2D eigenvalue weighted by Crippen LogP contribution is -2.13. The number of carbonyl (C=O) groups is 1. The van der Waals surface area contributed by atoms with Crippen molar-refractivity contribution in [1.29, 1.82) is 0 Å². The Morgan fingerprint density at radius 1 is 1.03 bits per heavy atom. The maximum atomic E-state index is 13.0. The largest absolute Gasteiger partial charge is 0.489 e. The van der Waals surface area contributed by atoms with Crippen LogP contribution in [-0.4, -0.2) is 11.1 Å². The first kappa shape index (κ1) is 19.4. The lowest BCUT2D eigenvalue weighted by Gasteiger charge is -2.10. The monoisotopic (exact) mass is 402 g/mol. The molecule has 5 nitrogen and oxygen atoms in total. The number of nitrogens with zero attached hydrogens (tertiary/aromatic N) is 1. The van der Waals surface area contributed by atoms with Gasteiger partial charge in [0, 0.05) is 17.3 Å². The minimum Gasteiger partial charge on any atom is -0.489 e. The van der Waals surface area contributed by atoms with Crippen LogP contribution < -0.4 is 10.1 Å². The quantitative estimate of drug-likeness (QED) is 0.455. The van der Waals surface area contributed by atoms with Gasteiger partial charge in [0.25, 0.3) is 5.91 Å². The molecule has 1 amide bonds. The van der Waals surface area contributed by atoms with Gasteiger partial charge in [0.1, 0.15) is 35.2 Å². The van der Waals surface area contributed by atoms with Gasteiger partial charge in [-0.2, -0.15) is 0 Å². The van der Waals surface area contributed by atoms with Gasteiger partial charge in [-0.05, 0) is 36.8 Å². The summed E-state index contributed by atoms with van der Waals surface area (Å²) in [6.45, 7) is 2.00. The van der Waals surface area contributed by atoms with Crippen LogP contribution in [-0.2, 0) is 6.61 Å². The molecule has 3 aromatic carbocycles. The summed E-state index contributed by atoms with van der Waals surface area (Å²) < 4.78 is 24.0. The molecular weight excluding hydrogens is 383 g/mol. The van der Waals surface area contributed by atoms with Gasteiger partial charge in [-0.25, -0.2) is 4.39 Å². The smallest absolute Gasteiger partial charge is 0.261 e. The first-order chi connectivity index (χ1) is 14.6. The molecule has 0 radical (unpaired) electrons. The molecule has 6 heteroatoms. The van der Waals surface area contributed by atoms with Gasteiger partial charge in [0.2, 0.25) is 0 Å². The fourth-order valence-electron chi connectivity index (χ4n) is 3.04. The standard InChI is InChI=1S/C24H19FN2O3/c1-16-22(23(27-30-16)18-6-3-2-4-7-18)24(28)26-20-8-5-9-21(14-20)29-15-17-10-12-19(25)13-11-17/h2-14H,15H2,1H3,(H,26,28). The van der Waals surface area contributed by atoms with Gasteiger partial charge in [-0.15, -0.1) is 0 Å². The van der Waals surface area contributed by atoms with Gasteiger partial charge in [-0.1, -0.05) is 53.7 Å². The Labute approximate surface area is 173 Å². The Hall–Kier alpha value is -3.93. The SMILES string of the molecule is Cc1onc(-c2ccccc2)c1C(=O)Nc1cccc(OCc2ccc(F)cc2)c1. The van der Waals surface area contributed by atoms with Crippen LogP contribution >= 0.6 is 0 Å². The third kappa shape index (κ3) is 4.38. The predicted octanol–water partition coefficient (Wildman–Crippen LogP) is 5.62. The van der Waals surface area contributed by atoms with Crippen molar-refractivity contribution < 1.29 is 18.4 Å². The molecule has 0 aliphatic heterocycles. The third-order valence-corrected chi connectivity index (χ3v) is 4.55. The number of carbonyl (C=O) groups excluding carboxylic acids is 1. The molecule has 1 N–H and O–H groups in total. The summed E-state index contributed by atoms with van der Waals surface area (Å²) in [4.78, 5) is 12.9. The Morgan fingerprint density at radius 3 is 2.57 bits per heavy atom. The summed E-state index contributed by atoms with van der Waals surface area (Å²) in [5.41, 5.74) is 3.11. The Kier molecular flexibility index (Phi) is 5.57. The third-order valence-electron chi connectivity index (χ3n) is 4.55. The molecule has 0 aliphatic carbocycles. The highest BCUT2D eigenvalue weighted by Gasteiger charge is 2.21. The highest BCUT2D eigenvalue weighted by molar-refractivity contribution is 6.08. The Bertz CT molecular complexity index is 1150. The second-order valence-corrected chi connectivity index (χ2v) is 6.73. The van der Waals surface area contributed by atoms with Gasteiger partial charge in [-0.3, -0.25) is 4.79 Å². The molecule has 1 aromatic heterocycles. The second kappa shape index (κ2) is 8.61. The predicted molar refractivity (Wildman–Crippen MR) is 112 cm³/mol. The van der Waals surface area contributed by atoms with Gasteiger partial charge < -0.3 is 14.6 Å². The number of halogens is 1. The molecule has 0 bridgehead atoms. The normalized spacial score (nSPS) is 10.6. The maximum Gasteiger partial charge on any atom is 0.261 e. The number of aromatic nitrogens is 1. The molecule has 0 spiro atoms. The minimum atomic E-state index is -0.316. The zero-order valence-electron chi connectivity index (χ0n) is 16.3. The van der Waals surface area contributed by atoms with Crippen LogP contribution in [0.2, 0.25) is 0 Å². The summed E-state index contributed by atoms with van der Waals surface area (Å²) >= 11 is 0. The average Bonchev–Trinajstić information content (AvgIpc) is 3.16. The first-order valence-electron chi connectivity index (χ1n) is 9.40. The Morgan fingerprint density at radius 2 is 1.80 bits per heavy atom. The van der Waals surface area contributed by atoms with Crippen LogP contribution in [0.4, 0.5) is 10.1 Å². The van der Waals surface area contributed by atoms with E-state index >= 15 is 0 Å². The molecule has 30 heavy (non-hydrogen) atoms. The van der Waals surface area contributed by atoms with Gasteiger partial charge >= 0.3 is 0 Å². The molecule has 0 atom stereocenters. The number of aryl methyl sites for hydroxylation is 1. The lowest BCUT2D eigenvalue weighted by atomic mass is 10.1. The number of rotatable bonds is 6. The molecule has 0 fully saturated rings. The molecule has 0 saturated carbocycles. The number of hydrogen-bond acceptors (Lipinski definition) is 4. The topological polar surface area (TPSA) is 64.4 Å². The van der Waals surface area contributed by atoms with E-state index in [1.807, 2.05) is 30.3 Å². The van der Waals surface area contributed by atoms with Gasteiger partial charge in [0.15, 0.2) is 0 Å². The number of nitrogens with one attached hydrogen (secondary N) is 1. The van der Waals surface area contributed by atoms with E-state index in [0.29, 0.717) is 35.1 Å². The number of ether oxygens (including phenoxy) is 1. The van der Waals surface area contributed by atoms with Crippen molar-refractivity contribution in [2.45, 2.75) is 13.5 Å². The molecule has 0 aliphatic rings. The van der Waals surface area contributed by atoms with E-state index < -0.39 is 0 Å². The first-order valence-corrected chi connectivity index (χ1v) is 9.40. The van der Waals surface area contributed by atoms with E-state index in [2.05, 4.69) is 10.5 Å². The molecule has 0 unspecified atom stereocenters. The molecule has 0 saturated heterocycles. The van der Waals surface area contributed by atoms with E-state index in [-0.39, 0.29) is 11.7 Å². The van der Waals surface area contributed by atoms with Crippen LogP contribution in [0.5, 0.6) is 5.75 Å². The van der Waals surface area contributed by atoms with Crippen molar-refractivity contribution >= 4 is 11.6 Å². The minimum absolute atomic E-state index is 0.289. The van der Waals surface area contributed by atoms with Crippen LogP contribution in [0, 0.1) is 12.7 Å². The number of benzene rings is 3. The summed E-state index contributed by atoms with van der Waals surface area (Å²) in [5.74, 6) is 0.420. The molecule has 4 rings (SSSR count). The highest BCUT2D eigenvalue weighted by Crippen LogP contribution is 2.26. The van der Waals surface area contributed by atoms with E-state index in [0.717, 1.165) is 11.1 Å². The zero-order valence-corrected chi connectivity index (χ0v) is 16.3. The van der Waals surface area contributed by atoms with Crippen molar-refractivity contribution in [3.8, 4) is 17.0 Å². The van der Waals surface area contributed by atoms with Crippen molar-refractivity contribution in [2.75, 3.05) is 5.32 Å². The maximum absolute atomic E-state index is 13.0. The van der Waals surface area contributed by atoms with E-state index in [1.54, 1.807) is 43.3 Å². The number of hydrogen-bond donors (Lipinski definition) is 1. The van der Waals surface area contributed by atoms with Crippen LogP contribution in [0.15, 0.2) is 83.4 Å². The van der Waals surface area contributed by atoms with Crippen molar-refractivity contribution in [3.63, 3.8) is 0 Å². The summed E-state index contributed by atoms with van der Waals surface area (Å²) in [6.07, 6.45) is 0. The van der Waals surface area contributed by atoms with Crippen LogP contribution in [0.1, 0.15) is 21.7 Å². The fourth-order valence-corrected chi connectivity index (χ4v) is 3.04. The molecule has 4 aromatic rings. The summed E-state index contributed by atoms with van der Waals surface area (Å²) in [5, 5.41) is 6.92. The van der Waals surface area contributed by atoms with Crippen molar-refractivity contribution in [1.82, 2.24) is 5.16 Å². The van der Waals surface area contributed by atoms with E-state index in [9.17, 15) is 9.18 Å². The number of anilines is 1. The lowest BCUT2D eigenvalue weighted by molar-refractivity contribution is 0.102. The molecular formula is C24H19FN2O3. The summed E-state index contributed by atoms with van der Waals surface area (Å²) in [6, 6.07) is 22.6. The zero-order chi connectivity index (χ0) is 20.9. The van der Waals surface area contributed by atoms with Crippen molar-refractivity contribution in [3.05, 3.63) is 102 Å². The molecule has 1 heterocycles. The second-order valence-electron chi connectivity index (χ2n) is 6.73. The highest BCUT2D eigenvalue weighted by atomic mass is 19.1. The fraction of sp³-hybridized carbons (Fsp3) is 0.0833. The van der Waals surface area contributed by atoms with Crippen molar-refractivity contribution in [2.24, 2.45) is 0 Å². The van der Waals surface area contributed by atoms with Crippen LogP contribution in [0.25, 0.3) is 11.3 Å². The van der Waals surface area contributed by atoms with Gasteiger partial charge in [0.05, 0.1) is 0 Å². The molecule has 150 valence electrons. The Balaban J connectivity index is 1.49. The number of amides is 1. The average molecular weight is 402 g/mol.